The first kappa shape index (κ1) is 25.0. The summed E-state index contributed by atoms with van der Waals surface area (Å²) in [5.74, 6) is -3.14. The second kappa shape index (κ2) is 8.23. The number of allylic oxidation sites excluding steroid dienone is 1. The number of alkyl halides is 3. The molecule has 2 aromatic carbocycles. The van der Waals surface area contributed by atoms with Crippen LogP contribution < -0.4 is 10.2 Å². The van der Waals surface area contributed by atoms with E-state index < -0.39 is 61.8 Å². The van der Waals surface area contributed by atoms with E-state index in [-0.39, 0.29) is 41.1 Å². The van der Waals surface area contributed by atoms with Crippen molar-refractivity contribution in [2.75, 3.05) is 22.6 Å². The van der Waals surface area contributed by atoms with Crippen molar-refractivity contribution in [3.8, 4) is 5.75 Å². The number of benzene rings is 2. The Hall–Kier alpha value is -3.12. The van der Waals surface area contributed by atoms with Gasteiger partial charge in [-0.15, -0.1) is 0 Å². The summed E-state index contributed by atoms with van der Waals surface area (Å²) in [6.07, 6.45) is -4.73. The molecule has 0 aromatic heterocycles. The minimum atomic E-state index is -4.85. The van der Waals surface area contributed by atoms with Crippen LogP contribution in [-0.2, 0) is 20.8 Å². The third kappa shape index (κ3) is 4.36. The van der Waals surface area contributed by atoms with Gasteiger partial charge in [-0.1, -0.05) is 26.0 Å². The summed E-state index contributed by atoms with van der Waals surface area (Å²) in [5.41, 5.74) is -2.63. The molecule has 188 valence electrons. The number of fused-ring (bicyclic) bond motifs is 1. The molecule has 1 atom stereocenters. The molecule has 0 saturated carbocycles. The van der Waals surface area contributed by atoms with Crippen LogP contribution >= 0.6 is 0 Å². The first-order chi connectivity index (χ1) is 16.2. The number of nitrogens with one attached hydrogen (secondary N) is 1. The van der Waals surface area contributed by atoms with Crippen LogP contribution in [0.1, 0.15) is 37.4 Å². The number of para-hydroxylation sites is 1. The largest absolute Gasteiger partial charge is 0.506 e. The first-order valence-electron chi connectivity index (χ1n) is 10.5. The number of sulfone groups is 1. The molecule has 35 heavy (non-hydrogen) atoms. The third-order valence-corrected chi connectivity index (χ3v) is 8.26. The number of amides is 1. The van der Waals surface area contributed by atoms with Crippen LogP contribution in [0.3, 0.4) is 0 Å². The lowest BCUT2D eigenvalue weighted by molar-refractivity contribution is -0.137. The van der Waals surface area contributed by atoms with Crippen molar-refractivity contribution in [2.24, 2.45) is 5.41 Å². The lowest BCUT2D eigenvalue weighted by Gasteiger charge is -2.37. The van der Waals surface area contributed by atoms with Gasteiger partial charge in [0.05, 0.1) is 21.9 Å². The van der Waals surface area contributed by atoms with Crippen LogP contribution in [0.25, 0.3) is 0 Å². The van der Waals surface area contributed by atoms with Crippen molar-refractivity contribution in [2.45, 2.75) is 32.5 Å². The maximum atomic E-state index is 15.3. The number of hydrogen-bond acceptors (Lipinski definition) is 6. The van der Waals surface area contributed by atoms with E-state index in [2.05, 4.69) is 5.32 Å². The minimum Gasteiger partial charge on any atom is -0.506 e. The van der Waals surface area contributed by atoms with Crippen LogP contribution in [0.15, 0.2) is 47.0 Å². The van der Waals surface area contributed by atoms with E-state index in [0.717, 1.165) is 11.0 Å². The number of aliphatic hydroxyl groups excluding tert-OH is 1. The number of nitrogens with zero attached hydrogens (tertiary/aromatic N) is 1. The zero-order valence-corrected chi connectivity index (χ0v) is 19.5. The molecule has 1 unspecified atom stereocenters. The fourth-order valence-electron chi connectivity index (χ4n) is 4.66. The van der Waals surface area contributed by atoms with Crippen LogP contribution in [0.5, 0.6) is 5.75 Å². The summed E-state index contributed by atoms with van der Waals surface area (Å²) in [6.45, 7) is 2.27. The standard InChI is InChI=1S/C23H22F4N2O5S/c1-22(2)9-15-21(35(33,34)11-22)20(13-7-6-12(8-14(13)24)23(25,26)27)29(18(32)10-30)16-4-3-5-17(31)19(16)28-15/h3-8,20,28,30-31H,9-11H2,1-2H3. The highest BCUT2D eigenvalue weighted by atomic mass is 32.2. The van der Waals surface area contributed by atoms with Crippen LogP contribution in [0.4, 0.5) is 28.9 Å². The van der Waals surface area contributed by atoms with E-state index in [1.54, 1.807) is 13.8 Å². The Bertz CT molecular complexity index is 1350. The molecule has 0 aliphatic carbocycles. The molecule has 3 N–H and O–H groups in total. The second-order valence-electron chi connectivity index (χ2n) is 9.30. The average Bonchev–Trinajstić information content (AvgIpc) is 2.86. The van der Waals surface area contributed by atoms with Gasteiger partial charge in [-0.3, -0.25) is 9.69 Å². The third-order valence-electron chi connectivity index (χ3n) is 5.96. The number of anilines is 2. The molecule has 2 aromatic rings. The highest BCUT2D eigenvalue weighted by Gasteiger charge is 2.48. The molecule has 1 amide bonds. The van der Waals surface area contributed by atoms with Gasteiger partial charge in [-0.25, -0.2) is 12.8 Å². The van der Waals surface area contributed by atoms with E-state index >= 15 is 4.39 Å². The van der Waals surface area contributed by atoms with Crippen molar-refractivity contribution >= 4 is 27.1 Å². The molecule has 0 fully saturated rings. The summed E-state index contributed by atoms with van der Waals surface area (Å²) >= 11 is 0. The number of aromatic hydroxyl groups is 1. The summed E-state index contributed by atoms with van der Waals surface area (Å²) in [4.78, 5) is 13.4. The fourth-order valence-corrected chi connectivity index (χ4v) is 7.02. The number of hydrogen-bond donors (Lipinski definition) is 3. The molecule has 4 rings (SSSR count). The number of rotatable bonds is 2. The molecule has 0 saturated heterocycles. The molecule has 0 spiro atoms. The number of carbonyl (C=O) groups is 1. The Balaban J connectivity index is 2.10. The van der Waals surface area contributed by atoms with Gasteiger partial charge in [-0.2, -0.15) is 13.2 Å². The number of phenols is 1. The van der Waals surface area contributed by atoms with Gasteiger partial charge in [-0.05, 0) is 36.1 Å². The number of halogens is 4. The number of carbonyl (C=O) groups excluding carboxylic acids is 1. The monoisotopic (exact) mass is 514 g/mol. The Labute approximate surface area is 198 Å². The second-order valence-corrected chi connectivity index (χ2v) is 11.3. The molecular formula is C23H22F4N2O5S. The lowest BCUT2D eigenvalue weighted by Crippen LogP contribution is -2.42. The molecule has 0 radical (unpaired) electrons. The Morgan fingerprint density at radius 1 is 1.23 bits per heavy atom. The molecule has 2 aliphatic heterocycles. The van der Waals surface area contributed by atoms with Gasteiger partial charge in [0.15, 0.2) is 9.84 Å². The van der Waals surface area contributed by atoms with Crippen LogP contribution in [0.2, 0.25) is 0 Å². The van der Waals surface area contributed by atoms with E-state index in [1.807, 2.05) is 0 Å². The fraction of sp³-hybridized carbons (Fsp3) is 0.348. The van der Waals surface area contributed by atoms with Crippen molar-refractivity contribution in [1.29, 1.82) is 0 Å². The normalized spacial score (nSPS) is 21.0. The predicted molar refractivity (Wildman–Crippen MR) is 120 cm³/mol. The Morgan fingerprint density at radius 3 is 2.51 bits per heavy atom. The Kier molecular flexibility index (Phi) is 5.88. The van der Waals surface area contributed by atoms with Crippen LogP contribution in [-0.4, -0.2) is 36.9 Å². The van der Waals surface area contributed by atoms with Gasteiger partial charge in [0.2, 0.25) is 0 Å². The van der Waals surface area contributed by atoms with E-state index in [4.69, 9.17) is 0 Å². The van der Waals surface area contributed by atoms with Crippen molar-refractivity contribution < 1.29 is 41.0 Å². The average molecular weight is 514 g/mol. The molecule has 12 heteroatoms. The molecular weight excluding hydrogens is 492 g/mol. The lowest BCUT2D eigenvalue weighted by atomic mass is 9.88. The van der Waals surface area contributed by atoms with Crippen molar-refractivity contribution in [3.05, 3.63) is 63.9 Å². The van der Waals surface area contributed by atoms with E-state index in [0.29, 0.717) is 6.07 Å². The Morgan fingerprint density at radius 2 is 1.91 bits per heavy atom. The molecule has 2 heterocycles. The molecule has 7 nitrogen and oxygen atoms in total. The topological polar surface area (TPSA) is 107 Å². The van der Waals surface area contributed by atoms with Gasteiger partial charge >= 0.3 is 6.18 Å². The summed E-state index contributed by atoms with van der Waals surface area (Å²) in [6, 6.07) is 3.88. The van der Waals surface area contributed by atoms with Gasteiger partial charge in [0.1, 0.15) is 29.9 Å². The first-order valence-corrected chi connectivity index (χ1v) is 12.2. The zero-order chi connectivity index (χ0) is 25.9. The minimum absolute atomic E-state index is 0.0514. The predicted octanol–water partition coefficient (Wildman–Crippen LogP) is 4.10. The maximum absolute atomic E-state index is 15.3. The quantitative estimate of drug-likeness (QED) is 0.412. The van der Waals surface area contributed by atoms with Gasteiger partial charge in [0.25, 0.3) is 5.91 Å². The molecule has 0 bridgehead atoms. The zero-order valence-electron chi connectivity index (χ0n) is 18.6. The number of aliphatic hydroxyl groups is 1. The SMILES string of the molecule is CC1(C)CC2=C(C(c3ccc(C(F)(F)F)cc3F)N(C(=O)CO)c3cccc(O)c3N2)S(=O)(=O)C1. The smallest absolute Gasteiger partial charge is 0.416 e. The summed E-state index contributed by atoms with van der Waals surface area (Å²) in [5, 5.41) is 23.1. The highest BCUT2D eigenvalue weighted by molar-refractivity contribution is 7.95. The van der Waals surface area contributed by atoms with Gasteiger partial charge < -0.3 is 15.5 Å². The van der Waals surface area contributed by atoms with E-state index in [1.165, 1.54) is 18.2 Å². The molecule has 2 aliphatic rings. The number of phenolic OH excluding ortho intramolecular Hbond substituents is 1. The van der Waals surface area contributed by atoms with Crippen molar-refractivity contribution in [1.82, 2.24) is 0 Å². The maximum Gasteiger partial charge on any atom is 0.416 e. The summed E-state index contributed by atoms with van der Waals surface area (Å²) < 4.78 is 81.9. The van der Waals surface area contributed by atoms with Crippen LogP contribution in [0, 0.1) is 11.2 Å². The highest BCUT2D eigenvalue weighted by Crippen LogP contribution is 2.51. The van der Waals surface area contributed by atoms with E-state index in [9.17, 15) is 36.6 Å². The summed E-state index contributed by atoms with van der Waals surface area (Å²) in [7, 11) is -4.20. The van der Waals surface area contributed by atoms with Crippen molar-refractivity contribution in [3.63, 3.8) is 0 Å². The van der Waals surface area contributed by atoms with Gasteiger partial charge in [0, 0.05) is 11.3 Å².